The maximum absolute atomic E-state index is 6.17. The van der Waals surface area contributed by atoms with Crippen molar-refractivity contribution in [3.63, 3.8) is 0 Å². The molecule has 19 heavy (non-hydrogen) atoms. The molecule has 3 unspecified atom stereocenters. The molecular weight excluding hydrogens is 242 g/mol. The highest BCUT2D eigenvalue weighted by molar-refractivity contribution is 4.98. The fraction of sp³-hybridized carbons (Fsp3) is 1.00. The van der Waals surface area contributed by atoms with Gasteiger partial charge in [-0.2, -0.15) is 0 Å². The fourth-order valence-electron chi connectivity index (χ4n) is 2.21. The second kappa shape index (κ2) is 8.20. The third-order valence-corrected chi connectivity index (χ3v) is 3.83. The standard InChI is InChI=1S/C15H31NO3/c1-6-8-16-12-11-13(19-15(3,4)7-2)14(12)18-10-9-17-5/h12-14,16H,6-11H2,1-5H3. The van der Waals surface area contributed by atoms with Gasteiger partial charge in [0.15, 0.2) is 0 Å². The van der Waals surface area contributed by atoms with E-state index in [2.05, 4.69) is 33.0 Å². The van der Waals surface area contributed by atoms with E-state index in [0.29, 0.717) is 19.3 Å². The van der Waals surface area contributed by atoms with Crippen molar-refractivity contribution in [3.05, 3.63) is 0 Å². The minimum absolute atomic E-state index is 0.0662. The highest BCUT2D eigenvalue weighted by Gasteiger charge is 2.44. The zero-order chi connectivity index (χ0) is 14.3. The van der Waals surface area contributed by atoms with Crippen molar-refractivity contribution >= 4 is 0 Å². The van der Waals surface area contributed by atoms with Gasteiger partial charge in [-0.15, -0.1) is 0 Å². The van der Waals surface area contributed by atoms with E-state index in [1.807, 2.05) is 0 Å². The van der Waals surface area contributed by atoms with Crippen LogP contribution in [0.4, 0.5) is 0 Å². The van der Waals surface area contributed by atoms with Gasteiger partial charge in [0.05, 0.1) is 31.0 Å². The second-order valence-electron chi connectivity index (χ2n) is 5.89. The van der Waals surface area contributed by atoms with Gasteiger partial charge in [-0.3, -0.25) is 0 Å². The average Bonchev–Trinajstić information content (AvgIpc) is 2.38. The third-order valence-electron chi connectivity index (χ3n) is 3.83. The molecule has 114 valence electrons. The van der Waals surface area contributed by atoms with Gasteiger partial charge in [-0.05, 0) is 39.7 Å². The number of hydrogen-bond acceptors (Lipinski definition) is 4. The van der Waals surface area contributed by atoms with Gasteiger partial charge >= 0.3 is 0 Å². The summed E-state index contributed by atoms with van der Waals surface area (Å²) in [4.78, 5) is 0. The Labute approximate surface area is 118 Å². The zero-order valence-electron chi connectivity index (χ0n) is 13.2. The first kappa shape index (κ1) is 16.9. The molecule has 1 rings (SSSR count). The van der Waals surface area contributed by atoms with Crippen LogP contribution in [0.25, 0.3) is 0 Å². The van der Waals surface area contributed by atoms with Crippen LogP contribution in [0.2, 0.25) is 0 Å². The molecule has 0 amide bonds. The molecule has 1 N–H and O–H groups in total. The molecule has 0 heterocycles. The summed E-state index contributed by atoms with van der Waals surface area (Å²) < 4.78 is 17.1. The lowest BCUT2D eigenvalue weighted by molar-refractivity contribution is -0.195. The zero-order valence-corrected chi connectivity index (χ0v) is 13.2. The molecule has 4 nitrogen and oxygen atoms in total. The predicted molar refractivity (Wildman–Crippen MR) is 77.6 cm³/mol. The lowest BCUT2D eigenvalue weighted by Gasteiger charge is -2.47. The number of ether oxygens (including phenoxy) is 3. The van der Waals surface area contributed by atoms with Gasteiger partial charge < -0.3 is 19.5 Å². The van der Waals surface area contributed by atoms with Crippen molar-refractivity contribution in [1.82, 2.24) is 5.32 Å². The van der Waals surface area contributed by atoms with Gasteiger partial charge in [-0.25, -0.2) is 0 Å². The monoisotopic (exact) mass is 273 g/mol. The van der Waals surface area contributed by atoms with Crippen molar-refractivity contribution in [2.24, 2.45) is 0 Å². The Morgan fingerprint density at radius 2 is 1.95 bits per heavy atom. The van der Waals surface area contributed by atoms with E-state index in [4.69, 9.17) is 14.2 Å². The van der Waals surface area contributed by atoms with Gasteiger partial charge in [0.25, 0.3) is 0 Å². The van der Waals surface area contributed by atoms with Crippen LogP contribution in [0.3, 0.4) is 0 Å². The molecule has 1 fully saturated rings. The minimum Gasteiger partial charge on any atom is -0.382 e. The maximum atomic E-state index is 6.17. The van der Waals surface area contributed by atoms with Crippen LogP contribution in [-0.4, -0.2) is 50.7 Å². The summed E-state index contributed by atoms with van der Waals surface area (Å²) in [7, 11) is 1.70. The van der Waals surface area contributed by atoms with Gasteiger partial charge in [0, 0.05) is 13.2 Å². The normalized spacial score (nSPS) is 27.3. The first-order valence-corrected chi connectivity index (χ1v) is 7.55. The van der Waals surface area contributed by atoms with Gasteiger partial charge in [0.1, 0.15) is 0 Å². The smallest absolute Gasteiger partial charge is 0.0992 e. The molecule has 0 aromatic rings. The van der Waals surface area contributed by atoms with Crippen LogP contribution in [0.1, 0.15) is 47.0 Å². The van der Waals surface area contributed by atoms with Crippen molar-refractivity contribution in [3.8, 4) is 0 Å². The van der Waals surface area contributed by atoms with Crippen LogP contribution in [0.5, 0.6) is 0 Å². The first-order valence-electron chi connectivity index (χ1n) is 7.55. The summed E-state index contributed by atoms with van der Waals surface area (Å²) in [5.74, 6) is 0. The van der Waals surface area contributed by atoms with E-state index in [9.17, 15) is 0 Å². The van der Waals surface area contributed by atoms with E-state index >= 15 is 0 Å². The first-order chi connectivity index (χ1) is 9.04. The predicted octanol–water partition coefficient (Wildman–Crippen LogP) is 2.36. The minimum atomic E-state index is -0.0662. The summed E-state index contributed by atoms with van der Waals surface area (Å²) in [6.07, 6.45) is 3.57. The summed E-state index contributed by atoms with van der Waals surface area (Å²) in [5, 5.41) is 3.53. The number of rotatable bonds is 10. The molecule has 0 aliphatic heterocycles. The largest absolute Gasteiger partial charge is 0.382 e. The van der Waals surface area contributed by atoms with Crippen LogP contribution in [0.15, 0.2) is 0 Å². The van der Waals surface area contributed by atoms with E-state index in [-0.39, 0.29) is 17.8 Å². The molecule has 4 heteroatoms. The van der Waals surface area contributed by atoms with Crippen LogP contribution in [-0.2, 0) is 14.2 Å². The van der Waals surface area contributed by atoms with E-state index in [1.54, 1.807) is 7.11 Å². The summed E-state index contributed by atoms with van der Waals surface area (Å²) >= 11 is 0. The quantitative estimate of drug-likeness (QED) is 0.620. The molecule has 1 aliphatic carbocycles. The molecule has 0 spiro atoms. The Balaban J connectivity index is 2.42. The van der Waals surface area contributed by atoms with Crippen molar-refractivity contribution < 1.29 is 14.2 Å². The van der Waals surface area contributed by atoms with Crippen molar-refractivity contribution in [2.45, 2.75) is 70.8 Å². The average molecular weight is 273 g/mol. The fourth-order valence-corrected chi connectivity index (χ4v) is 2.21. The molecule has 1 saturated carbocycles. The number of methoxy groups -OCH3 is 1. The van der Waals surface area contributed by atoms with Crippen LogP contribution >= 0.6 is 0 Å². The van der Waals surface area contributed by atoms with Crippen LogP contribution < -0.4 is 5.32 Å². The third kappa shape index (κ3) is 5.38. The van der Waals surface area contributed by atoms with Crippen molar-refractivity contribution in [2.75, 3.05) is 26.9 Å². The topological polar surface area (TPSA) is 39.7 Å². The molecular formula is C15H31NO3. The Hall–Kier alpha value is -0.160. The molecule has 0 bridgehead atoms. The molecule has 0 aromatic heterocycles. The Kier molecular flexibility index (Phi) is 7.29. The highest BCUT2D eigenvalue weighted by Crippen LogP contribution is 2.32. The number of hydrogen-bond donors (Lipinski definition) is 1. The highest BCUT2D eigenvalue weighted by atomic mass is 16.6. The van der Waals surface area contributed by atoms with Crippen LogP contribution in [0, 0.1) is 0 Å². The van der Waals surface area contributed by atoms with E-state index in [0.717, 1.165) is 25.8 Å². The van der Waals surface area contributed by atoms with E-state index in [1.165, 1.54) is 0 Å². The molecule has 0 aromatic carbocycles. The summed E-state index contributed by atoms with van der Waals surface area (Å²) in [5.41, 5.74) is -0.0662. The Bertz CT molecular complexity index is 246. The molecule has 3 atom stereocenters. The van der Waals surface area contributed by atoms with Gasteiger partial charge in [0.2, 0.25) is 0 Å². The second-order valence-corrected chi connectivity index (χ2v) is 5.89. The molecule has 0 radical (unpaired) electrons. The number of nitrogens with one attached hydrogen (secondary N) is 1. The van der Waals surface area contributed by atoms with Gasteiger partial charge in [-0.1, -0.05) is 13.8 Å². The van der Waals surface area contributed by atoms with Crippen molar-refractivity contribution in [1.29, 1.82) is 0 Å². The summed E-state index contributed by atoms with van der Waals surface area (Å²) in [6.45, 7) is 10.9. The van der Waals surface area contributed by atoms with E-state index < -0.39 is 0 Å². The Morgan fingerprint density at radius 3 is 2.53 bits per heavy atom. The lowest BCUT2D eigenvalue weighted by atomic mass is 9.84. The maximum Gasteiger partial charge on any atom is 0.0992 e. The summed E-state index contributed by atoms with van der Waals surface area (Å²) in [6, 6.07) is 0.425. The molecule has 1 aliphatic rings. The Morgan fingerprint density at radius 1 is 1.21 bits per heavy atom. The molecule has 0 saturated heterocycles. The lowest BCUT2D eigenvalue weighted by Crippen LogP contribution is -2.61. The SMILES string of the molecule is CCCNC1CC(OC(C)(C)CC)C1OCCOC.